The topological polar surface area (TPSA) is 58.7 Å². The third-order valence-corrected chi connectivity index (χ3v) is 3.22. The maximum Gasteiger partial charge on any atom is 0.121 e. The van der Waals surface area contributed by atoms with Crippen molar-refractivity contribution in [2.75, 3.05) is 25.4 Å². The van der Waals surface area contributed by atoms with Crippen molar-refractivity contribution >= 4 is 5.69 Å². The molecule has 0 radical (unpaired) electrons. The van der Waals surface area contributed by atoms with Gasteiger partial charge in [-0.05, 0) is 31.5 Å². The molecule has 0 aliphatic heterocycles. The summed E-state index contributed by atoms with van der Waals surface area (Å²) >= 11 is 0. The molecule has 1 fully saturated rings. The van der Waals surface area contributed by atoms with Crippen LogP contribution < -0.4 is 10.5 Å². The highest BCUT2D eigenvalue weighted by atomic mass is 16.5. The Bertz CT molecular complexity index is 380. The molecule has 0 aromatic heterocycles. The second-order valence-electron chi connectivity index (χ2n) is 4.86. The second kappa shape index (κ2) is 6.07. The van der Waals surface area contributed by atoms with Crippen LogP contribution in [-0.2, 0) is 0 Å². The van der Waals surface area contributed by atoms with Crippen molar-refractivity contribution < 1.29 is 9.84 Å². The zero-order valence-electron chi connectivity index (χ0n) is 10.9. The van der Waals surface area contributed by atoms with Gasteiger partial charge < -0.3 is 15.6 Å². The zero-order chi connectivity index (χ0) is 13.0. The first kappa shape index (κ1) is 13.2. The summed E-state index contributed by atoms with van der Waals surface area (Å²) in [6.07, 6.45) is 2.07. The molecule has 1 aromatic rings. The molecule has 0 spiro atoms. The van der Waals surface area contributed by atoms with Crippen molar-refractivity contribution in [3.05, 3.63) is 24.3 Å². The van der Waals surface area contributed by atoms with Crippen LogP contribution in [0.25, 0.3) is 0 Å². The van der Waals surface area contributed by atoms with Crippen molar-refractivity contribution in [1.29, 1.82) is 0 Å². The van der Waals surface area contributed by atoms with Gasteiger partial charge in [-0.3, -0.25) is 4.90 Å². The Kier molecular flexibility index (Phi) is 4.44. The highest BCUT2D eigenvalue weighted by Gasteiger charge is 2.28. The van der Waals surface area contributed by atoms with Crippen molar-refractivity contribution in [3.63, 3.8) is 0 Å². The van der Waals surface area contributed by atoms with E-state index in [9.17, 15) is 5.11 Å². The Morgan fingerprint density at radius 1 is 1.50 bits per heavy atom. The Morgan fingerprint density at radius 3 is 2.89 bits per heavy atom. The lowest BCUT2D eigenvalue weighted by atomic mass is 10.3. The predicted molar refractivity (Wildman–Crippen MR) is 72.6 cm³/mol. The van der Waals surface area contributed by atoms with Gasteiger partial charge in [-0.25, -0.2) is 0 Å². The highest BCUT2D eigenvalue weighted by molar-refractivity contribution is 5.43. The highest BCUT2D eigenvalue weighted by Crippen LogP contribution is 2.26. The Hall–Kier alpha value is -1.26. The van der Waals surface area contributed by atoms with Crippen LogP contribution in [0.3, 0.4) is 0 Å². The maximum absolute atomic E-state index is 9.96. The van der Waals surface area contributed by atoms with Gasteiger partial charge in [-0.15, -0.1) is 0 Å². The number of nitrogens with zero attached hydrogens (tertiary/aromatic N) is 1. The predicted octanol–water partition coefficient (Wildman–Crippen LogP) is 1.49. The van der Waals surface area contributed by atoms with Crippen LogP contribution in [-0.4, -0.2) is 41.8 Å². The van der Waals surface area contributed by atoms with Crippen molar-refractivity contribution in [3.8, 4) is 5.75 Å². The number of hydrogen-bond acceptors (Lipinski definition) is 4. The molecule has 3 N–H and O–H groups in total. The molecule has 4 nitrogen and oxygen atoms in total. The van der Waals surface area contributed by atoms with Crippen molar-refractivity contribution in [2.24, 2.45) is 0 Å². The number of nitrogens with two attached hydrogens (primary N) is 1. The lowest BCUT2D eigenvalue weighted by Gasteiger charge is -2.23. The van der Waals surface area contributed by atoms with E-state index in [1.54, 1.807) is 6.07 Å². The van der Waals surface area contributed by atoms with Gasteiger partial charge in [-0.1, -0.05) is 13.0 Å². The molecule has 1 saturated carbocycles. The number of aliphatic hydroxyl groups is 1. The van der Waals surface area contributed by atoms with Gasteiger partial charge in [0.15, 0.2) is 0 Å². The molecule has 1 unspecified atom stereocenters. The van der Waals surface area contributed by atoms with Gasteiger partial charge in [0, 0.05) is 24.3 Å². The summed E-state index contributed by atoms with van der Waals surface area (Å²) in [5.41, 5.74) is 6.34. The molecule has 0 saturated heterocycles. The van der Waals surface area contributed by atoms with E-state index in [1.165, 1.54) is 12.8 Å². The minimum atomic E-state index is -0.452. The Balaban J connectivity index is 1.75. The van der Waals surface area contributed by atoms with Crippen LogP contribution in [0.1, 0.15) is 19.8 Å². The molecule has 0 bridgehead atoms. The van der Waals surface area contributed by atoms with Gasteiger partial charge in [0.25, 0.3) is 0 Å². The van der Waals surface area contributed by atoms with E-state index >= 15 is 0 Å². The van der Waals surface area contributed by atoms with E-state index in [0.717, 1.165) is 6.54 Å². The molecule has 1 aromatic carbocycles. The van der Waals surface area contributed by atoms with Crippen molar-refractivity contribution in [2.45, 2.75) is 31.9 Å². The lowest BCUT2D eigenvalue weighted by molar-refractivity contribution is 0.0673. The van der Waals surface area contributed by atoms with Crippen LogP contribution >= 0.6 is 0 Å². The van der Waals surface area contributed by atoms with E-state index in [-0.39, 0.29) is 0 Å². The number of rotatable bonds is 7. The van der Waals surface area contributed by atoms with E-state index in [4.69, 9.17) is 10.5 Å². The van der Waals surface area contributed by atoms with E-state index in [2.05, 4.69) is 11.8 Å². The molecule has 1 aliphatic carbocycles. The molecule has 0 amide bonds. The number of nitrogen functional groups attached to an aromatic ring is 1. The molecule has 18 heavy (non-hydrogen) atoms. The third-order valence-electron chi connectivity index (χ3n) is 3.22. The molecule has 2 rings (SSSR count). The quantitative estimate of drug-likeness (QED) is 0.720. The monoisotopic (exact) mass is 250 g/mol. The first-order chi connectivity index (χ1) is 8.69. The molecule has 1 aliphatic rings. The SMILES string of the molecule is CCN(CC(O)COc1cccc(N)c1)C1CC1. The van der Waals surface area contributed by atoms with Gasteiger partial charge >= 0.3 is 0 Å². The number of anilines is 1. The van der Waals surface area contributed by atoms with Crippen LogP contribution in [0.15, 0.2) is 24.3 Å². The van der Waals surface area contributed by atoms with Gasteiger partial charge in [-0.2, -0.15) is 0 Å². The lowest BCUT2D eigenvalue weighted by Crippen LogP contribution is -2.36. The number of hydrogen-bond donors (Lipinski definition) is 2. The summed E-state index contributed by atoms with van der Waals surface area (Å²) in [6, 6.07) is 7.96. The van der Waals surface area contributed by atoms with E-state index < -0.39 is 6.10 Å². The summed E-state index contributed by atoms with van der Waals surface area (Å²) in [5, 5.41) is 9.96. The standard InChI is InChI=1S/C14H22N2O2/c1-2-16(12-6-7-12)9-13(17)10-18-14-5-3-4-11(15)8-14/h3-5,8,12-13,17H,2,6-7,9-10,15H2,1H3. The molecular formula is C14H22N2O2. The summed E-state index contributed by atoms with van der Waals surface area (Å²) in [7, 11) is 0. The minimum absolute atomic E-state index is 0.312. The maximum atomic E-state index is 9.96. The summed E-state index contributed by atoms with van der Waals surface area (Å²) in [4.78, 5) is 2.31. The van der Waals surface area contributed by atoms with Gasteiger partial charge in [0.05, 0.1) is 0 Å². The molecule has 0 heterocycles. The molecule has 1 atom stereocenters. The fourth-order valence-corrected chi connectivity index (χ4v) is 2.10. The first-order valence-electron chi connectivity index (χ1n) is 6.59. The molecule has 4 heteroatoms. The molecular weight excluding hydrogens is 228 g/mol. The first-order valence-corrected chi connectivity index (χ1v) is 6.59. The summed E-state index contributed by atoms with van der Waals surface area (Å²) in [6.45, 7) is 4.11. The number of aliphatic hydroxyl groups excluding tert-OH is 1. The summed E-state index contributed by atoms with van der Waals surface area (Å²) in [5.74, 6) is 0.712. The normalized spacial score (nSPS) is 16.8. The fraction of sp³-hybridized carbons (Fsp3) is 0.571. The number of benzene rings is 1. The fourth-order valence-electron chi connectivity index (χ4n) is 2.10. The Morgan fingerprint density at radius 2 is 2.28 bits per heavy atom. The van der Waals surface area contributed by atoms with E-state index in [1.807, 2.05) is 18.2 Å². The third kappa shape index (κ3) is 3.89. The zero-order valence-corrected chi connectivity index (χ0v) is 10.9. The van der Waals surface area contributed by atoms with Crippen LogP contribution in [0.4, 0.5) is 5.69 Å². The smallest absolute Gasteiger partial charge is 0.121 e. The van der Waals surface area contributed by atoms with Crippen LogP contribution in [0.5, 0.6) is 5.75 Å². The Labute approximate surface area is 108 Å². The number of ether oxygens (including phenoxy) is 1. The largest absolute Gasteiger partial charge is 0.491 e. The van der Waals surface area contributed by atoms with E-state index in [0.29, 0.717) is 30.6 Å². The van der Waals surface area contributed by atoms with Gasteiger partial charge in [0.2, 0.25) is 0 Å². The van der Waals surface area contributed by atoms with Crippen molar-refractivity contribution in [1.82, 2.24) is 4.90 Å². The summed E-state index contributed by atoms with van der Waals surface area (Å²) < 4.78 is 5.54. The van der Waals surface area contributed by atoms with Crippen LogP contribution in [0, 0.1) is 0 Å². The average Bonchev–Trinajstić information content (AvgIpc) is 3.18. The van der Waals surface area contributed by atoms with Gasteiger partial charge in [0.1, 0.15) is 18.5 Å². The second-order valence-corrected chi connectivity index (χ2v) is 4.86. The minimum Gasteiger partial charge on any atom is -0.491 e. The number of likely N-dealkylation sites (N-methyl/N-ethyl adjacent to an activating group) is 1. The molecule has 100 valence electrons. The van der Waals surface area contributed by atoms with Crippen LogP contribution in [0.2, 0.25) is 0 Å². The average molecular weight is 250 g/mol.